The Morgan fingerprint density at radius 2 is 2.00 bits per heavy atom. The zero-order valence-electron chi connectivity index (χ0n) is 11.8. The fraction of sp³-hybridized carbons (Fsp3) is 0.462. The van der Waals surface area contributed by atoms with Crippen molar-refractivity contribution in [2.45, 2.75) is 19.5 Å². The van der Waals surface area contributed by atoms with Gasteiger partial charge >= 0.3 is 10.2 Å². The van der Waals surface area contributed by atoms with E-state index < -0.39 is 22.2 Å². The summed E-state index contributed by atoms with van der Waals surface area (Å²) in [6.45, 7) is 2.55. The van der Waals surface area contributed by atoms with E-state index in [1.54, 1.807) is 25.1 Å². The highest BCUT2D eigenvalue weighted by Gasteiger charge is 2.46. The van der Waals surface area contributed by atoms with Crippen LogP contribution in [0.2, 0.25) is 0 Å². The van der Waals surface area contributed by atoms with Gasteiger partial charge in [0.25, 0.3) is 5.91 Å². The van der Waals surface area contributed by atoms with Gasteiger partial charge in [0.1, 0.15) is 19.3 Å². The van der Waals surface area contributed by atoms with Gasteiger partial charge in [-0.1, -0.05) is 12.1 Å². The van der Waals surface area contributed by atoms with Crippen molar-refractivity contribution in [3.05, 3.63) is 23.8 Å². The molecule has 1 amide bonds. The Balaban J connectivity index is 1.96. The van der Waals surface area contributed by atoms with Gasteiger partial charge in [-0.15, -0.1) is 0 Å². The molecule has 1 saturated heterocycles. The lowest BCUT2D eigenvalue weighted by Crippen LogP contribution is -2.33. The van der Waals surface area contributed by atoms with Crippen molar-refractivity contribution in [1.82, 2.24) is 8.61 Å². The molecule has 1 atom stereocenters. The van der Waals surface area contributed by atoms with Crippen molar-refractivity contribution in [2.75, 3.05) is 20.3 Å². The van der Waals surface area contributed by atoms with E-state index in [2.05, 4.69) is 0 Å². The fourth-order valence-corrected chi connectivity index (χ4v) is 3.99. The van der Waals surface area contributed by atoms with Gasteiger partial charge in [0.05, 0.1) is 0 Å². The van der Waals surface area contributed by atoms with Crippen molar-refractivity contribution in [2.24, 2.45) is 0 Å². The molecule has 0 radical (unpaired) electrons. The summed E-state index contributed by atoms with van der Waals surface area (Å²) in [6.07, 6.45) is 0. The Morgan fingerprint density at radius 1 is 1.29 bits per heavy atom. The minimum Gasteiger partial charge on any atom is -0.486 e. The third-order valence-corrected chi connectivity index (χ3v) is 5.63. The molecule has 21 heavy (non-hydrogen) atoms. The predicted molar refractivity (Wildman–Crippen MR) is 74.1 cm³/mol. The minimum absolute atomic E-state index is 0.0755. The summed E-state index contributed by atoms with van der Waals surface area (Å²) in [5, 5.41) is 0. The molecule has 1 unspecified atom stereocenters. The quantitative estimate of drug-likeness (QED) is 0.788. The number of hydrogen-bond acceptors (Lipinski definition) is 5. The first-order chi connectivity index (χ1) is 9.93. The first-order valence-electron chi connectivity index (χ1n) is 6.60. The molecule has 0 bridgehead atoms. The van der Waals surface area contributed by atoms with Crippen molar-refractivity contribution in [3.63, 3.8) is 0 Å². The Kier molecular flexibility index (Phi) is 3.29. The number of amides is 1. The summed E-state index contributed by atoms with van der Waals surface area (Å²) >= 11 is 0. The number of likely N-dealkylation sites (N-methyl/N-ethyl adjacent to an activating group) is 1. The maximum Gasteiger partial charge on any atom is 0.307 e. The molecule has 8 heteroatoms. The van der Waals surface area contributed by atoms with E-state index in [9.17, 15) is 13.2 Å². The van der Waals surface area contributed by atoms with Gasteiger partial charge in [-0.05, 0) is 13.0 Å². The molecular formula is C13H16N2O5S. The van der Waals surface area contributed by atoms with E-state index in [1.165, 1.54) is 11.4 Å². The number of carbonyl (C=O) groups excluding carboxylic acids is 1. The van der Waals surface area contributed by atoms with Crippen molar-refractivity contribution in [1.29, 1.82) is 0 Å². The van der Waals surface area contributed by atoms with Crippen LogP contribution >= 0.6 is 0 Å². The van der Waals surface area contributed by atoms with Gasteiger partial charge in [-0.25, -0.2) is 4.31 Å². The number of ether oxygens (including phenoxy) is 2. The molecule has 0 aromatic heterocycles. The Labute approximate surface area is 123 Å². The number of fused-ring (bicyclic) bond motifs is 1. The van der Waals surface area contributed by atoms with Crippen molar-refractivity contribution >= 4 is 16.1 Å². The van der Waals surface area contributed by atoms with Gasteiger partial charge in [0.2, 0.25) is 0 Å². The summed E-state index contributed by atoms with van der Waals surface area (Å²) in [5.74, 6) is 0.716. The molecule has 3 rings (SSSR count). The molecule has 1 aromatic rings. The van der Waals surface area contributed by atoms with Gasteiger partial charge in [-0.2, -0.15) is 12.7 Å². The maximum absolute atomic E-state index is 12.2. The molecule has 2 aliphatic rings. The third kappa shape index (κ3) is 2.14. The molecule has 1 fully saturated rings. The Hall–Kier alpha value is -1.80. The van der Waals surface area contributed by atoms with Crippen LogP contribution in [0.5, 0.6) is 11.5 Å². The average molecular weight is 312 g/mol. The summed E-state index contributed by atoms with van der Waals surface area (Å²) in [7, 11) is -2.50. The maximum atomic E-state index is 12.2. The molecule has 2 aliphatic heterocycles. The van der Waals surface area contributed by atoms with Crippen molar-refractivity contribution < 1.29 is 22.7 Å². The van der Waals surface area contributed by atoms with Crippen LogP contribution in [0.15, 0.2) is 18.2 Å². The second kappa shape index (κ2) is 4.88. The lowest BCUT2D eigenvalue weighted by atomic mass is 10.1. The van der Waals surface area contributed by atoms with Gasteiger partial charge in [-0.3, -0.25) is 4.79 Å². The molecule has 0 spiro atoms. The second-order valence-electron chi connectivity index (χ2n) is 4.98. The molecule has 7 nitrogen and oxygen atoms in total. The van der Waals surface area contributed by atoms with Crippen LogP contribution in [0.25, 0.3) is 0 Å². The number of benzene rings is 1. The largest absolute Gasteiger partial charge is 0.486 e. The topological polar surface area (TPSA) is 76.2 Å². The second-order valence-corrected chi connectivity index (χ2v) is 6.89. The number of hydrogen-bond donors (Lipinski definition) is 0. The molecular weight excluding hydrogens is 296 g/mol. The van der Waals surface area contributed by atoms with Gasteiger partial charge < -0.3 is 9.47 Å². The van der Waals surface area contributed by atoms with Crippen LogP contribution in [0.1, 0.15) is 12.5 Å². The number of nitrogens with zero attached hydrogens (tertiary/aromatic N) is 2. The molecule has 114 valence electrons. The smallest absolute Gasteiger partial charge is 0.307 e. The van der Waals surface area contributed by atoms with Crippen molar-refractivity contribution in [3.8, 4) is 11.5 Å². The highest BCUT2D eigenvalue weighted by atomic mass is 32.2. The van der Waals surface area contributed by atoms with Crippen LogP contribution in [-0.4, -0.2) is 49.2 Å². The van der Waals surface area contributed by atoms with E-state index >= 15 is 0 Å². The first-order valence-corrected chi connectivity index (χ1v) is 7.99. The molecule has 1 aromatic carbocycles. The number of para-hydroxylation sites is 1. The first kappa shape index (κ1) is 14.2. The summed E-state index contributed by atoms with van der Waals surface area (Å²) in [6, 6.07) is 4.61. The average Bonchev–Trinajstić information content (AvgIpc) is 2.62. The monoisotopic (exact) mass is 312 g/mol. The van der Waals surface area contributed by atoms with E-state index in [1.807, 2.05) is 0 Å². The summed E-state index contributed by atoms with van der Waals surface area (Å²) in [5.41, 5.74) is 0.686. The third-order valence-electron chi connectivity index (χ3n) is 3.72. The summed E-state index contributed by atoms with van der Waals surface area (Å²) in [4.78, 5) is 11.9. The number of rotatable bonds is 2. The Morgan fingerprint density at radius 3 is 2.67 bits per heavy atom. The van der Waals surface area contributed by atoms with Crippen LogP contribution in [0.4, 0.5) is 0 Å². The van der Waals surface area contributed by atoms with E-state index in [4.69, 9.17) is 9.47 Å². The normalized spacial score (nSPS) is 24.4. The highest BCUT2D eigenvalue weighted by Crippen LogP contribution is 2.36. The van der Waals surface area contributed by atoms with Crippen LogP contribution in [0.3, 0.4) is 0 Å². The lowest BCUT2D eigenvalue weighted by molar-refractivity contribution is -0.126. The zero-order valence-corrected chi connectivity index (χ0v) is 12.6. The van der Waals surface area contributed by atoms with E-state index in [-0.39, 0.29) is 6.54 Å². The van der Waals surface area contributed by atoms with Gasteiger partial charge in [0, 0.05) is 19.2 Å². The predicted octanol–water partition coefficient (Wildman–Crippen LogP) is 0.365. The molecule has 0 aliphatic carbocycles. The minimum atomic E-state index is -3.77. The molecule has 2 heterocycles. The molecule has 0 saturated carbocycles. The fourth-order valence-electron chi connectivity index (χ4n) is 2.50. The van der Waals surface area contributed by atoms with Gasteiger partial charge in [0.15, 0.2) is 11.5 Å². The standard InChI is InChI=1S/C13H16N2O5S/c1-9-13(16)14(2)21(17,18)15(9)8-10-4-3-5-11-12(10)20-7-6-19-11/h3-5,9H,6-8H2,1-2H3. The van der Waals surface area contributed by atoms with Crippen LogP contribution in [0, 0.1) is 0 Å². The van der Waals surface area contributed by atoms with Crippen LogP contribution in [-0.2, 0) is 21.5 Å². The zero-order chi connectivity index (χ0) is 15.2. The molecule has 0 N–H and O–H groups in total. The Bertz CT molecular complexity index is 688. The SMILES string of the molecule is CC1C(=O)N(C)S(=O)(=O)N1Cc1cccc2c1OCCO2. The van der Waals surface area contributed by atoms with E-state index in [0.717, 1.165) is 4.31 Å². The number of carbonyl (C=O) groups is 1. The highest BCUT2D eigenvalue weighted by molar-refractivity contribution is 7.87. The summed E-state index contributed by atoms with van der Waals surface area (Å²) < 4.78 is 37.5. The van der Waals surface area contributed by atoms with Crippen LogP contribution < -0.4 is 9.47 Å². The van der Waals surface area contributed by atoms with E-state index in [0.29, 0.717) is 30.3 Å². The lowest BCUT2D eigenvalue weighted by Gasteiger charge is -2.23.